The minimum Gasteiger partial charge on any atom is -0.465 e. The lowest BCUT2D eigenvalue weighted by Crippen LogP contribution is -2.12. The highest BCUT2D eigenvalue weighted by Gasteiger charge is 2.19. The third kappa shape index (κ3) is 2.48. The van der Waals surface area contributed by atoms with Crippen LogP contribution in [0.15, 0.2) is 36.4 Å². The molecule has 112 valence electrons. The van der Waals surface area contributed by atoms with Gasteiger partial charge in [-0.05, 0) is 47.2 Å². The summed E-state index contributed by atoms with van der Waals surface area (Å²) in [6.07, 6.45) is 1.13. The minimum atomic E-state index is -0.333. The molecule has 0 radical (unpaired) electrons. The summed E-state index contributed by atoms with van der Waals surface area (Å²) in [6.45, 7) is 0. The molecule has 4 bridgehead atoms. The van der Waals surface area contributed by atoms with Crippen LogP contribution in [0.3, 0.4) is 0 Å². The van der Waals surface area contributed by atoms with Crippen molar-refractivity contribution in [1.82, 2.24) is 0 Å². The first kappa shape index (κ1) is 14.3. The van der Waals surface area contributed by atoms with E-state index in [4.69, 9.17) is 9.47 Å². The fraction of sp³-hybridized carbons (Fsp3) is 0.222. The van der Waals surface area contributed by atoms with Crippen molar-refractivity contribution in [2.75, 3.05) is 14.2 Å². The summed E-state index contributed by atoms with van der Waals surface area (Å²) < 4.78 is 9.74. The average molecular weight is 296 g/mol. The number of hydrogen-bond acceptors (Lipinski definition) is 4. The van der Waals surface area contributed by atoms with Crippen LogP contribution in [0.5, 0.6) is 0 Å². The molecule has 2 aromatic carbocycles. The molecule has 0 amide bonds. The zero-order valence-corrected chi connectivity index (χ0v) is 12.5. The van der Waals surface area contributed by atoms with Gasteiger partial charge in [0.25, 0.3) is 0 Å². The summed E-state index contributed by atoms with van der Waals surface area (Å²) in [5.41, 5.74) is 4.87. The van der Waals surface area contributed by atoms with Crippen LogP contribution in [0.4, 0.5) is 0 Å². The quantitative estimate of drug-likeness (QED) is 0.682. The van der Waals surface area contributed by atoms with E-state index in [1.54, 1.807) is 0 Å². The van der Waals surface area contributed by atoms with Crippen molar-refractivity contribution in [2.45, 2.75) is 12.8 Å². The third-order valence-electron chi connectivity index (χ3n) is 3.95. The van der Waals surface area contributed by atoms with Crippen molar-refractivity contribution in [3.05, 3.63) is 69.8 Å². The maximum Gasteiger partial charge on any atom is 0.338 e. The van der Waals surface area contributed by atoms with Gasteiger partial charge in [-0.15, -0.1) is 0 Å². The molecule has 4 aliphatic rings. The number of benzene rings is 2. The van der Waals surface area contributed by atoms with E-state index in [1.807, 2.05) is 36.4 Å². The lowest BCUT2D eigenvalue weighted by Gasteiger charge is -2.16. The van der Waals surface area contributed by atoms with Crippen molar-refractivity contribution in [3.63, 3.8) is 0 Å². The molecule has 0 saturated heterocycles. The zero-order chi connectivity index (χ0) is 15.7. The number of carbonyl (C=O) groups excluding carboxylic acids is 2. The second kappa shape index (κ2) is 5.64. The van der Waals surface area contributed by atoms with Gasteiger partial charge in [-0.25, -0.2) is 9.59 Å². The van der Waals surface area contributed by atoms with Gasteiger partial charge in [0.15, 0.2) is 0 Å². The Morgan fingerprint density at radius 3 is 1.55 bits per heavy atom. The molecule has 4 heteroatoms. The second-order valence-corrected chi connectivity index (χ2v) is 5.32. The van der Waals surface area contributed by atoms with Crippen LogP contribution >= 0.6 is 0 Å². The Kier molecular flexibility index (Phi) is 3.67. The van der Waals surface area contributed by atoms with E-state index in [0.29, 0.717) is 24.0 Å². The lowest BCUT2D eigenvalue weighted by atomic mass is 9.89. The topological polar surface area (TPSA) is 52.6 Å². The van der Waals surface area contributed by atoms with Gasteiger partial charge in [0, 0.05) is 0 Å². The van der Waals surface area contributed by atoms with Gasteiger partial charge >= 0.3 is 11.9 Å². The first-order chi connectivity index (χ1) is 10.6. The molecular weight excluding hydrogens is 280 g/mol. The molecule has 6 rings (SSSR count). The maximum absolute atomic E-state index is 12.0. The molecule has 0 N–H and O–H groups in total. The predicted molar refractivity (Wildman–Crippen MR) is 81.2 cm³/mol. The molecule has 22 heavy (non-hydrogen) atoms. The van der Waals surface area contributed by atoms with Crippen molar-refractivity contribution >= 4 is 11.9 Å². The normalized spacial score (nSPS) is 12.1. The summed E-state index contributed by atoms with van der Waals surface area (Å²) in [7, 11) is 2.77. The number of esters is 2. The second-order valence-electron chi connectivity index (χ2n) is 5.32. The van der Waals surface area contributed by atoms with Gasteiger partial charge in [0.2, 0.25) is 0 Å². The molecule has 0 aliphatic heterocycles. The SMILES string of the molecule is COC(=O)c1cc2ccc1Cc1ccc(c(C(=O)OC)c1)C2. The molecule has 0 fully saturated rings. The number of hydrogen-bond donors (Lipinski definition) is 0. The number of methoxy groups -OCH3 is 2. The van der Waals surface area contributed by atoms with Crippen LogP contribution in [0, 0.1) is 0 Å². The number of carbonyl (C=O) groups is 2. The smallest absolute Gasteiger partial charge is 0.338 e. The molecule has 0 heterocycles. The summed E-state index contributed by atoms with van der Waals surface area (Å²) in [4.78, 5) is 23.9. The predicted octanol–water partition coefficient (Wildman–Crippen LogP) is 2.75. The molecular formula is C18H16O4. The number of ether oxygens (including phenoxy) is 2. The first-order valence-corrected chi connectivity index (χ1v) is 7.02. The standard InChI is InChI=1S/C18H16O4/c1-21-17(19)15-9-11-3-5-13(15)7-12-4-6-14(8-11)16(10-12)18(20)22-2/h3-6,9-10H,7-8H2,1-2H3. The highest BCUT2D eigenvalue weighted by Crippen LogP contribution is 2.25. The third-order valence-corrected chi connectivity index (χ3v) is 3.95. The van der Waals surface area contributed by atoms with Gasteiger partial charge in [-0.3, -0.25) is 0 Å². The number of rotatable bonds is 2. The Morgan fingerprint density at radius 2 is 1.18 bits per heavy atom. The summed E-state index contributed by atoms with van der Waals surface area (Å²) in [6, 6.07) is 11.6. The van der Waals surface area contributed by atoms with Crippen LogP contribution in [0.25, 0.3) is 0 Å². The monoisotopic (exact) mass is 296 g/mol. The Bertz CT molecular complexity index is 696. The Labute approximate surface area is 128 Å². The molecule has 4 aliphatic carbocycles. The molecule has 0 spiro atoms. The van der Waals surface area contributed by atoms with Crippen molar-refractivity contribution in [2.24, 2.45) is 0 Å². The van der Waals surface area contributed by atoms with E-state index >= 15 is 0 Å². The molecule has 0 aromatic heterocycles. The van der Waals surface area contributed by atoms with Gasteiger partial charge in [0.1, 0.15) is 0 Å². The highest BCUT2D eigenvalue weighted by molar-refractivity contribution is 5.93. The van der Waals surface area contributed by atoms with Crippen molar-refractivity contribution in [3.8, 4) is 0 Å². The molecule has 0 saturated carbocycles. The van der Waals surface area contributed by atoms with Crippen LogP contribution in [-0.4, -0.2) is 26.2 Å². The largest absolute Gasteiger partial charge is 0.465 e. The minimum absolute atomic E-state index is 0.333. The fourth-order valence-electron chi connectivity index (χ4n) is 2.82. The molecule has 2 aromatic rings. The van der Waals surface area contributed by atoms with Crippen LogP contribution in [0.2, 0.25) is 0 Å². The van der Waals surface area contributed by atoms with Gasteiger partial charge < -0.3 is 9.47 Å². The van der Waals surface area contributed by atoms with Crippen LogP contribution < -0.4 is 0 Å². The Hall–Kier alpha value is -2.62. The van der Waals surface area contributed by atoms with Crippen LogP contribution in [0.1, 0.15) is 43.0 Å². The van der Waals surface area contributed by atoms with E-state index in [9.17, 15) is 9.59 Å². The van der Waals surface area contributed by atoms with E-state index in [-0.39, 0.29) is 11.9 Å². The highest BCUT2D eigenvalue weighted by atomic mass is 16.5. The summed E-state index contributed by atoms with van der Waals surface area (Å²) in [5, 5.41) is 0. The van der Waals surface area contributed by atoms with Crippen LogP contribution in [-0.2, 0) is 22.3 Å². The van der Waals surface area contributed by atoms with Gasteiger partial charge in [-0.2, -0.15) is 0 Å². The van der Waals surface area contributed by atoms with Gasteiger partial charge in [-0.1, -0.05) is 24.3 Å². The van der Waals surface area contributed by atoms with Gasteiger partial charge in [0.05, 0.1) is 25.3 Å². The molecule has 0 atom stereocenters. The van der Waals surface area contributed by atoms with E-state index in [0.717, 1.165) is 22.3 Å². The zero-order valence-electron chi connectivity index (χ0n) is 12.5. The maximum atomic E-state index is 12.0. The van der Waals surface area contributed by atoms with E-state index in [1.165, 1.54) is 14.2 Å². The first-order valence-electron chi connectivity index (χ1n) is 7.02. The Balaban J connectivity index is 2.14. The summed E-state index contributed by atoms with van der Waals surface area (Å²) in [5.74, 6) is -0.667. The van der Waals surface area contributed by atoms with E-state index in [2.05, 4.69) is 0 Å². The lowest BCUT2D eigenvalue weighted by molar-refractivity contribution is 0.0589. The van der Waals surface area contributed by atoms with Crippen molar-refractivity contribution in [1.29, 1.82) is 0 Å². The molecule has 4 nitrogen and oxygen atoms in total. The fourth-order valence-corrected chi connectivity index (χ4v) is 2.82. The Morgan fingerprint density at radius 1 is 0.773 bits per heavy atom. The average Bonchev–Trinajstić information content (AvgIpc) is 2.57. The molecule has 0 unspecified atom stereocenters. The van der Waals surface area contributed by atoms with Crippen molar-refractivity contribution < 1.29 is 19.1 Å². The summed E-state index contributed by atoms with van der Waals surface area (Å²) >= 11 is 0. The van der Waals surface area contributed by atoms with E-state index < -0.39 is 0 Å².